The number of amides is 1. The molecule has 3 unspecified atom stereocenters. The fourth-order valence-electron chi connectivity index (χ4n) is 5.48. The highest BCUT2D eigenvalue weighted by Gasteiger charge is 2.57. The van der Waals surface area contributed by atoms with E-state index in [9.17, 15) is 4.79 Å². The minimum absolute atomic E-state index is 0.0453. The first-order valence-corrected chi connectivity index (χ1v) is 15.0. The maximum Gasteiger partial charge on any atom is 0.408 e. The highest BCUT2D eigenvalue weighted by atomic mass is 127. The molecule has 3 atom stereocenters. The summed E-state index contributed by atoms with van der Waals surface area (Å²) in [5, 5.41) is 2.56. The Morgan fingerprint density at radius 3 is 2.29 bits per heavy atom. The SMILES string of the molecule is C=CC(C)(CI)OC(=O)NCC1=CC=C(N2CCC(c3cc(C)c(C)c(C)c3)(C(F)(F)C=C)C2)CC1C(F)(F)C=C. The van der Waals surface area contributed by atoms with E-state index in [0.717, 1.165) is 16.7 Å². The lowest BCUT2D eigenvalue weighted by Gasteiger charge is -2.38. The van der Waals surface area contributed by atoms with Crippen molar-refractivity contribution >= 4 is 28.7 Å². The zero-order valence-corrected chi connectivity index (χ0v) is 26.3. The Bertz CT molecular complexity index is 1250. The fourth-order valence-corrected chi connectivity index (χ4v) is 5.94. The molecule has 1 aliphatic heterocycles. The largest absolute Gasteiger partial charge is 0.438 e. The van der Waals surface area contributed by atoms with E-state index < -0.39 is 34.9 Å². The Labute approximate surface area is 254 Å². The van der Waals surface area contributed by atoms with E-state index in [1.165, 1.54) is 12.2 Å². The van der Waals surface area contributed by atoms with Crippen molar-refractivity contribution in [1.29, 1.82) is 0 Å². The molecule has 1 amide bonds. The number of benzene rings is 1. The number of aryl methyl sites for hydroxylation is 2. The molecule has 0 aromatic heterocycles. The van der Waals surface area contributed by atoms with Crippen molar-refractivity contribution in [3.8, 4) is 0 Å². The molecule has 1 aliphatic carbocycles. The van der Waals surface area contributed by atoms with Crippen LogP contribution in [-0.2, 0) is 10.2 Å². The molecule has 1 aromatic carbocycles. The van der Waals surface area contributed by atoms with E-state index in [0.29, 0.717) is 27.8 Å². The molecule has 3 rings (SSSR count). The molecule has 1 heterocycles. The van der Waals surface area contributed by atoms with E-state index in [1.54, 1.807) is 17.9 Å². The van der Waals surface area contributed by atoms with Crippen molar-refractivity contribution in [3.05, 3.63) is 95.8 Å². The number of ether oxygens (including phenoxy) is 1. The van der Waals surface area contributed by atoms with Crippen LogP contribution in [0.2, 0.25) is 0 Å². The average Bonchev–Trinajstić information content (AvgIpc) is 3.42. The molecule has 4 nitrogen and oxygen atoms in total. The summed E-state index contributed by atoms with van der Waals surface area (Å²) in [7, 11) is 0. The van der Waals surface area contributed by atoms with Gasteiger partial charge in [0.1, 0.15) is 5.60 Å². The van der Waals surface area contributed by atoms with Gasteiger partial charge in [-0.15, -0.1) is 0 Å². The summed E-state index contributed by atoms with van der Waals surface area (Å²) in [5.74, 6) is -7.82. The molecule has 1 aromatic rings. The molecule has 0 spiro atoms. The summed E-state index contributed by atoms with van der Waals surface area (Å²) in [5.41, 5.74) is 1.78. The standard InChI is InChI=1S/C32H39F4IN2O2/c1-8-29(7,19-37)41-28(40)38-18-24-11-12-26(17-27(24)31(33,34)9-2)39-14-13-30(20-39,32(35,36)10-3)25-15-21(4)23(6)22(5)16-25/h8-12,15-16,27H,1-3,13-14,17-20H2,4-7H3,(H,38,40). The van der Waals surface area contributed by atoms with Gasteiger partial charge in [0.2, 0.25) is 0 Å². The minimum Gasteiger partial charge on any atom is -0.438 e. The van der Waals surface area contributed by atoms with Crippen LogP contribution in [0.1, 0.15) is 42.0 Å². The van der Waals surface area contributed by atoms with E-state index in [1.807, 2.05) is 32.9 Å². The fraction of sp³-hybridized carbons (Fsp3) is 0.469. The molecule has 1 N–H and O–H groups in total. The monoisotopic (exact) mass is 686 g/mol. The highest BCUT2D eigenvalue weighted by Crippen LogP contribution is 2.50. The second kappa shape index (κ2) is 12.4. The van der Waals surface area contributed by atoms with Crippen LogP contribution < -0.4 is 5.32 Å². The Morgan fingerprint density at radius 2 is 1.76 bits per heavy atom. The number of likely N-dealkylation sites (tertiary alicyclic amines) is 1. The lowest BCUT2D eigenvalue weighted by Crippen LogP contribution is -2.46. The van der Waals surface area contributed by atoms with Gasteiger partial charge in [-0.1, -0.05) is 60.5 Å². The van der Waals surface area contributed by atoms with E-state index in [-0.39, 0.29) is 38.0 Å². The predicted molar refractivity (Wildman–Crippen MR) is 165 cm³/mol. The zero-order valence-electron chi connectivity index (χ0n) is 24.1. The number of hydrogen-bond acceptors (Lipinski definition) is 3. The highest BCUT2D eigenvalue weighted by molar-refractivity contribution is 14.1. The van der Waals surface area contributed by atoms with Crippen LogP contribution >= 0.6 is 22.6 Å². The first-order valence-electron chi connectivity index (χ1n) is 13.5. The number of nitrogens with one attached hydrogen (secondary N) is 1. The van der Waals surface area contributed by atoms with Crippen molar-refractivity contribution in [3.63, 3.8) is 0 Å². The maximum atomic E-state index is 15.7. The molecule has 0 bridgehead atoms. The lowest BCUT2D eigenvalue weighted by atomic mass is 9.72. The first-order chi connectivity index (χ1) is 19.1. The smallest absolute Gasteiger partial charge is 0.408 e. The van der Waals surface area contributed by atoms with E-state index in [4.69, 9.17) is 4.74 Å². The molecule has 0 saturated carbocycles. The number of nitrogens with zero attached hydrogens (tertiary/aromatic N) is 1. The molecule has 41 heavy (non-hydrogen) atoms. The van der Waals surface area contributed by atoms with Gasteiger partial charge in [-0.3, -0.25) is 0 Å². The number of alkyl halides is 5. The summed E-state index contributed by atoms with van der Waals surface area (Å²) in [6.45, 7) is 17.9. The molecular formula is C32H39F4IN2O2. The number of allylic oxidation sites excluding steroid dienone is 5. The number of carbonyl (C=O) groups is 1. The van der Waals surface area contributed by atoms with Crippen LogP contribution in [0.15, 0.2) is 73.5 Å². The number of alkyl carbamates (subject to hydrolysis) is 1. The molecule has 1 fully saturated rings. The van der Waals surface area contributed by atoms with Gasteiger partial charge in [0.05, 0.1) is 11.3 Å². The Balaban J connectivity index is 1.92. The normalized spacial score (nSPS) is 22.8. The van der Waals surface area contributed by atoms with Gasteiger partial charge < -0.3 is 15.0 Å². The quantitative estimate of drug-likeness (QED) is 0.111. The van der Waals surface area contributed by atoms with Crippen molar-refractivity contribution in [1.82, 2.24) is 10.2 Å². The average molecular weight is 687 g/mol. The van der Waals surface area contributed by atoms with E-state index >= 15 is 17.6 Å². The Hall–Kier alpha value is -2.56. The van der Waals surface area contributed by atoms with Gasteiger partial charge in [-0.2, -0.15) is 0 Å². The first kappa shape index (κ1) is 32.9. The van der Waals surface area contributed by atoms with Crippen LogP contribution in [0.25, 0.3) is 0 Å². The molecular weight excluding hydrogens is 647 g/mol. The third-order valence-corrected chi connectivity index (χ3v) is 10.1. The summed E-state index contributed by atoms with van der Waals surface area (Å²) in [6, 6.07) is 3.62. The van der Waals surface area contributed by atoms with Crippen LogP contribution in [0.3, 0.4) is 0 Å². The van der Waals surface area contributed by atoms with Gasteiger partial charge in [-0.25, -0.2) is 22.4 Å². The zero-order chi connectivity index (χ0) is 30.8. The van der Waals surface area contributed by atoms with Gasteiger partial charge in [0.15, 0.2) is 0 Å². The van der Waals surface area contributed by atoms with Gasteiger partial charge in [0, 0.05) is 36.2 Å². The molecule has 2 aliphatic rings. The van der Waals surface area contributed by atoms with Crippen LogP contribution in [0.4, 0.5) is 22.4 Å². The second-order valence-electron chi connectivity index (χ2n) is 11.2. The number of rotatable bonds is 11. The maximum absolute atomic E-state index is 15.7. The van der Waals surface area contributed by atoms with Crippen molar-refractivity contribution < 1.29 is 27.1 Å². The topological polar surface area (TPSA) is 41.6 Å². The van der Waals surface area contributed by atoms with Gasteiger partial charge >= 0.3 is 6.09 Å². The predicted octanol–water partition coefficient (Wildman–Crippen LogP) is 8.13. The molecule has 1 saturated heterocycles. The number of hydrogen-bond donors (Lipinski definition) is 1. The Morgan fingerprint density at radius 1 is 1.12 bits per heavy atom. The van der Waals surface area contributed by atoms with Crippen LogP contribution in [0.5, 0.6) is 0 Å². The van der Waals surface area contributed by atoms with Gasteiger partial charge in [0.25, 0.3) is 11.8 Å². The molecule has 0 radical (unpaired) electrons. The van der Waals surface area contributed by atoms with Crippen LogP contribution in [0, 0.1) is 26.7 Å². The van der Waals surface area contributed by atoms with Gasteiger partial charge in [-0.05, 0) is 86.2 Å². The Kier molecular flexibility index (Phi) is 9.93. The minimum atomic E-state index is -3.29. The number of carbonyl (C=O) groups excluding carboxylic acids is 1. The second-order valence-corrected chi connectivity index (χ2v) is 12.0. The van der Waals surface area contributed by atoms with Crippen LogP contribution in [-0.4, -0.2) is 52.5 Å². The van der Waals surface area contributed by atoms with Crippen molar-refractivity contribution in [2.75, 3.05) is 24.1 Å². The lowest BCUT2D eigenvalue weighted by molar-refractivity contribution is -0.0285. The summed E-state index contributed by atoms with van der Waals surface area (Å²) in [6.07, 6.45) is 5.31. The number of halogens is 5. The summed E-state index contributed by atoms with van der Waals surface area (Å²) < 4.78 is 67.5. The summed E-state index contributed by atoms with van der Waals surface area (Å²) >= 11 is 2.07. The van der Waals surface area contributed by atoms with E-state index in [2.05, 4.69) is 47.6 Å². The van der Waals surface area contributed by atoms with Crippen molar-refractivity contribution in [2.45, 2.75) is 63.4 Å². The third kappa shape index (κ3) is 6.60. The molecule has 9 heteroatoms. The molecule has 224 valence electrons. The van der Waals surface area contributed by atoms with Crippen molar-refractivity contribution in [2.24, 2.45) is 5.92 Å². The summed E-state index contributed by atoms with van der Waals surface area (Å²) in [4.78, 5) is 14.2. The third-order valence-electron chi connectivity index (χ3n) is 8.60.